The van der Waals surface area contributed by atoms with Crippen molar-refractivity contribution in [3.8, 4) is 0 Å². The molecule has 0 saturated carbocycles. The zero-order chi connectivity index (χ0) is 19.1. The van der Waals surface area contributed by atoms with Crippen molar-refractivity contribution < 1.29 is 19.8 Å². The van der Waals surface area contributed by atoms with Crippen LogP contribution in [0.2, 0.25) is 15.1 Å². The number of carboxylic acids is 2. The van der Waals surface area contributed by atoms with Crippen molar-refractivity contribution in [3.05, 3.63) is 79.8 Å². The molecule has 3 rings (SSSR count). The molecule has 2 N–H and O–H groups in total. The maximum absolute atomic E-state index is 12.3. The molecule has 0 amide bonds. The van der Waals surface area contributed by atoms with Crippen molar-refractivity contribution in [3.63, 3.8) is 0 Å². The van der Waals surface area contributed by atoms with Crippen LogP contribution in [0, 0.1) is 0 Å². The summed E-state index contributed by atoms with van der Waals surface area (Å²) >= 11 is 18.2. The van der Waals surface area contributed by atoms with Crippen LogP contribution in [0.4, 0.5) is 0 Å². The van der Waals surface area contributed by atoms with Gasteiger partial charge >= 0.3 is 11.9 Å². The number of carboxylic acid groups (broad SMARTS) is 2. The second kappa shape index (κ2) is 6.76. The Balaban J connectivity index is 2.46. The van der Waals surface area contributed by atoms with Crippen LogP contribution >= 0.6 is 34.8 Å². The summed E-state index contributed by atoms with van der Waals surface area (Å²) in [6, 6.07) is 9.05. The fourth-order valence-corrected chi connectivity index (χ4v) is 3.60. The van der Waals surface area contributed by atoms with Gasteiger partial charge in [0.05, 0.1) is 10.4 Å². The SMILES string of the molecule is O=C(O)/C=C\C1=c2c(Cl)cc(Cl)cc2=NC1(C(=O)O)c1ccc(Cl)cc1. The minimum atomic E-state index is -1.87. The van der Waals surface area contributed by atoms with Crippen LogP contribution in [0.5, 0.6) is 0 Å². The van der Waals surface area contributed by atoms with Crippen molar-refractivity contribution in [2.45, 2.75) is 5.54 Å². The zero-order valence-corrected chi connectivity index (χ0v) is 15.2. The third kappa shape index (κ3) is 2.98. The lowest BCUT2D eigenvalue weighted by Crippen LogP contribution is -2.34. The Bertz CT molecular complexity index is 1080. The van der Waals surface area contributed by atoms with Crippen LogP contribution in [0.15, 0.2) is 53.5 Å². The summed E-state index contributed by atoms with van der Waals surface area (Å²) in [5.41, 5.74) is -1.43. The number of hydrogen-bond donors (Lipinski definition) is 2. The average Bonchev–Trinajstić information content (AvgIpc) is 2.89. The van der Waals surface area contributed by atoms with E-state index >= 15 is 0 Å². The van der Waals surface area contributed by atoms with E-state index in [2.05, 4.69) is 4.99 Å². The summed E-state index contributed by atoms with van der Waals surface area (Å²) in [5.74, 6) is -2.51. The monoisotopic (exact) mass is 409 g/mol. The highest BCUT2D eigenvalue weighted by molar-refractivity contribution is 6.34. The van der Waals surface area contributed by atoms with Crippen molar-refractivity contribution in [2.24, 2.45) is 4.99 Å². The van der Waals surface area contributed by atoms with Gasteiger partial charge in [0, 0.05) is 26.9 Å². The normalized spacial score (nSPS) is 18.7. The number of carbonyl (C=O) groups is 2. The molecule has 0 spiro atoms. The summed E-state index contributed by atoms with van der Waals surface area (Å²) in [6.07, 6.45) is 2.04. The molecule has 0 aromatic heterocycles. The summed E-state index contributed by atoms with van der Waals surface area (Å²) in [5, 5.41) is 20.5. The second-order valence-corrected chi connectivity index (χ2v) is 6.78. The molecule has 132 valence electrons. The predicted molar refractivity (Wildman–Crippen MR) is 98.2 cm³/mol. The zero-order valence-electron chi connectivity index (χ0n) is 12.9. The quantitative estimate of drug-likeness (QED) is 0.759. The van der Waals surface area contributed by atoms with Gasteiger partial charge in [-0.1, -0.05) is 46.9 Å². The van der Waals surface area contributed by atoms with E-state index in [9.17, 15) is 14.7 Å². The van der Waals surface area contributed by atoms with Crippen LogP contribution in [-0.4, -0.2) is 22.2 Å². The van der Waals surface area contributed by atoms with Crippen LogP contribution in [0.1, 0.15) is 5.56 Å². The van der Waals surface area contributed by atoms with Crippen molar-refractivity contribution in [2.75, 3.05) is 0 Å². The van der Waals surface area contributed by atoms with E-state index in [1.54, 1.807) is 0 Å². The Labute approximate surface area is 162 Å². The molecule has 5 nitrogen and oxygen atoms in total. The van der Waals surface area contributed by atoms with Gasteiger partial charge in [0.25, 0.3) is 0 Å². The van der Waals surface area contributed by atoms with Gasteiger partial charge in [0.1, 0.15) is 0 Å². The molecule has 1 aliphatic heterocycles. The largest absolute Gasteiger partial charge is 0.479 e. The molecule has 26 heavy (non-hydrogen) atoms. The highest BCUT2D eigenvalue weighted by atomic mass is 35.5. The first-order valence-corrected chi connectivity index (χ1v) is 8.39. The molecule has 2 aromatic rings. The standard InChI is InChI=1S/C18H10Cl3NO4/c19-10-3-1-9(2-4-10)18(17(25)26)12(5-6-15(23)24)16-13(21)7-11(20)8-14(16)22-18/h1-8H,(H,23,24)(H,25,26)/b6-5-. The van der Waals surface area contributed by atoms with Crippen LogP contribution < -0.4 is 10.6 Å². The molecule has 0 aliphatic carbocycles. The first-order chi connectivity index (χ1) is 12.3. The summed E-state index contributed by atoms with van der Waals surface area (Å²) in [6.45, 7) is 0. The lowest BCUT2D eigenvalue weighted by atomic mass is 9.83. The third-order valence-corrected chi connectivity index (χ3v) is 4.71. The Morgan fingerprint density at radius 1 is 1.00 bits per heavy atom. The summed E-state index contributed by atoms with van der Waals surface area (Å²) < 4.78 is 0. The lowest BCUT2D eigenvalue weighted by Gasteiger charge is -2.24. The molecule has 2 aromatic carbocycles. The lowest BCUT2D eigenvalue weighted by molar-refractivity contribution is -0.141. The van der Waals surface area contributed by atoms with E-state index < -0.39 is 17.5 Å². The van der Waals surface area contributed by atoms with Gasteiger partial charge in [-0.15, -0.1) is 0 Å². The van der Waals surface area contributed by atoms with Gasteiger partial charge < -0.3 is 10.2 Å². The number of halogens is 3. The van der Waals surface area contributed by atoms with Gasteiger partial charge in [-0.2, -0.15) is 0 Å². The number of fused-ring (bicyclic) bond motifs is 1. The Morgan fingerprint density at radius 2 is 1.65 bits per heavy atom. The fraction of sp³-hybridized carbons (Fsp3) is 0.0556. The first-order valence-electron chi connectivity index (χ1n) is 7.26. The molecular weight excluding hydrogens is 401 g/mol. The van der Waals surface area contributed by atoms with E-state index in [1.165, 1.54) is 42.5 Å². The Hall–Kier alpha value is -2.34. The number of hydrogen-bond acceptors (Lipinski definition) is 3. The average molecular weight is 411 g/mol. The number of nitrogens with zero attached hydrogens (tertiary/aromatic N) is 1. The van der Waals surface area contributed by atoms with Gasteiger partial charge in [0.15, 0.2) is 0 Å². The Kier molecular flexibility index (Phi) is 4.80. The summed E-state index contributed by atoms with van der Waals surface area (Å²) in [7, 11) is 0. The minimum absolute atomic E-state index is 0.131. The highest BCUT2D eigenvalue weighted by Crippen LogP contribution is 2.38. The number of aliphatic carboxylic acids is 2. The topological polar surface area (TPSA) is 87.0 Å². The van der Waals surface area contributed by atoms with Crippen LogP contribution in [0.3, 0.4) is 0 Å². The molecule has 0 bridgehead atoms. The molecule has 1 heterocycles. The van der Waals surface area contributed by atoms with Crippen molar-refractivity contribution in [1.29, 1.82) is 0 Å². The van der Waals surface area contributed by atoms with E-state index in [4.69, 9.17) is 39.9 Å². The van der Waals surface area contributed by atoms with Crippen molar-refractivity contribution >= 4 is 52.3 Å². The second-order valence-electron chi connectivity index (χ2n) is 5.50. The molecule has 8 heteroatoms. The van der Waals surface area contributed by atoms with Gasteiger partial charge in [-0.25, -0.2) is 9.59 Å². The smallest absolute Gasteiger partial charge is 0.341 e. The van der Waals surface area contributed by atoms with E-state index in [0.717, 1.165) is 6.08 Å². The van der Waals surface area contributed by atoms with Gasteiger partial charge in [-0.3, -0.25) is 4.99 Å². The molecule has 1 atom stereocenters. The molecule has 0 saturated heterocycles. The number of rotatable bonds is 4. The summed E-state index contributed by atoms with van der Waals surface area (Å²) in [4.78, 5) is 27.7. The highest BCUT2D eigenvalue weighted by Gasteiger charge is 2.46. The van der Waals surface area contributed by atoms with Gasteiger partial charge in [0.2, 0.25) is 5.54 Å². The molecule has 0 radical (unpaired) electrons. The van der Waals surface area contributed by atoms with Gasteiger partial charge in [-0.05, 0) is 35.9 Å². The fourth-order valence-electron chi connectivity index (χ4n) is 2.89. The third-order valence-electron chi connectivity index (χ3n) is 3.95. The molecule has 1 unspecified atom stereocenters. The molecule has 1 aliphatic rings. The first kappa shape index (κ1) is 18.5. The molecule has 0 fully saturated rings. The van der Waals surface area contributed by atoms with E-state index in [0.29, 0.717) is 15.8 Å². The molecular formula is C18H10Cl3NO4. The van der Waals surface area contributed by atoms with E-state index in [-0.39, 0.29) is 21.0 Å². The van der Waals surface area contributed by atoms with E-state index in [1.807, 2.05) is 0 Å². The predicted octanol–water partition coefficient (Wildman–Crippen LogP) is 3.05. The minimum Gasteiger partial charge on any atom is -0.479 e. The Morgan fingerprint density at radius 3 is 2.23 bits per heavy atom. The number of benzene rings is 2. The van der Waals surface area contributed by atoms with Crippen molar-refractivity contribution in [1.82, 2.24) is 0 Å². The van der Waals surface area contributed by atoms with Crippen LogP contribution in [0.25, 0.3) is 5.57 Å². The maximum atomic E-state index is 12.3. The van der Waals surface area contributed by atoms with Crippen LogP contribution in [-0.2, 0) is 15.1 Å². The maximum Gasteiger partial charge on any atom is 0.341 e.